The van der Waals surface area contributed by atoms with Gasteiger partial charge in [-0.2, -0.15) is 5.10 Å². The van der Waals surface area contributed by atoms with Crippen molar-refractivity contribution in [3.05, 3.63) is 17.5 Å². The van der Waals surface area contributed by atoms with Crippen LogP contribution in [-0.4, -0.2) is 41.5 Å². The summed E-state index contributed by atoms with van der Waals surface area (Å²) in [7, 11) is 3.56. The Labute approximate surface area is 107 Å². The minimum absolute atomic E-state index is 0.0257. The van der Waals surface area contributed by atoms with Crippen molar-refractivity contribution in [2.24, 2.45) is 7.05 Å². The normalized spacial score (nSPS) is 23.3. The Morgan fingerprint density at radius 2 is 2.50 bits per heavy atom. The molecule has 1 fully saturated rings. The summed E-state index contributed by atoms with van der Waals surface area (Å²) in [5, 5.41) is 10.2. The molecular weight excluding hydrogens is 232 g/mol. The highest BCUT2D eigenvalue weighted by molar-refractivity contribution is 5.82. The summed E-state index contributed by atoms with van der Waals surface area (Å²) in [6.07, 6.45) is 2.66. The lowest BCUT2D eigenvalue weighted by atomic mass is 10.2. The van der Waals surface area contributed by atoms with Crippen molar-refractivity contribution in [3.63, 3.8) is 0 Å². The molecule has 2 unspecified atom stereocenters. The van der Waals surface area contributed by atoms with E-state index in [2.05, 4.69) is 15.7 Å². The van der Waals surface area contributed by atoms with E-state index >= 15 is 0 Å². The molecule has 0 saturated carbocycles. The van der Waals surface area contributed by atoms with Crippen molar-refractivity contribution in [1.29, 1.82) is 0 Å². The molecular formula is C12H20N4O2. The van der Waals surface area contributed by atoms with E-state index in [4.69, 9.17) is 4.74 Å². The number of rotatable bonds is 4. The van der Waals surface area contributed by atoms with Crippen LogP contribution in [0.1, 0.15) is 17.7 Å². The molecule has 0 aromatic carbocycles. The van der Waals surface area contributed by atoms with E-state index in [0.717, 1.165) is 24.2 Å². The number of hydrogen-bond acceptors (Lipinski definition) is 4. The third-order valence-corrected chi connectivity index (χ3v) is 3.53. The fourth-order valence-corrected chi connectivity index (χ4v) is 2.11. The Bertz CT molecular complexity index is 430. The number of methoxy groups -OCH3 is 1. The first kappa shape index (κ1) is 13.0. The summed E-state index contributed by atoms with van der Waals surface area (Å²) in [6.45, 7) is 3.25. The Kier molecular flexibility index (Phi) is 3.98. The van der Waals surface area contributed by atoms with Gasteiger partial charge in [-0.1, -0.05) is 0 Å². The topological polar surface area (TPSA) is 68.2 Å². The molecule has 2 heterocycles. The van der Waals surface area contributed by atoms with E-state index in [-0.39, 0.29) is 18.1 Å². The van der Waals surface area contributed by atoms with Crippen LogP contribution < -0.4 is 10.6 Å². The van der Waals surface area contributed by atoms with Gasteiger partial charge in [0.2, 0.25) is 5.91 Å². The van der Waals surface area contributed by atoms with Crippen LogP contribution in [0.2, 0.25) is 0 Å². The maximum absolute atomic E-state index is 11.9. The van der Waals surface area contributed by atoms with Crippen molar-refractivity contribution >= 4 is 5.91 Å². The quantitative estimate of drug-likeness (QED) is 0.773. The van der Waals surface area contributed by atoms with Gasteiger partial charge in [0.15, 0.2) is 0 Å². The lowest BCUT2D eigenvalue weighted by Gasteiger charge is -2.11. The summed E-state index contributed by atoms with van der Waals surface area (Å²) >= 11 is 0. The number of amides is 1. The molecule has 6 nitrogen and oxygen atoms in total. The third kappa shape index (κ3) is 2.70. The molecule has 1 aliphatic heterocycles. The Balaban J connectivity index is 1.84. The standard InChI is InChI=1S/C12H20N4O2/c1-8-9(6-15-16(8)2)5-14-12(17)11-4-10(18-3)7-13-11/h6,10-11,13H,4-5,7H2,1-3H3,(H,14,17). The predicted octanol–water partition coefficient (Wildman–Crippen LogP) is -0.278. The van der Waals surface area contributed by atoms with Crippen LogP contribution in [0.25, 0.3) is 0 Å². The van der Waals surface area contributed by atoms with Gasteiger partial charge in [-0.15, -0.1) is 0 Å². The van der Waals surface area contributed by atoms with Gasteiger partial charge >= 0.3 is 0 Å². The second kappa shape index (κ2) is 5.49. The summed E-state index contributed by atoms with van der Waals surface area (Å²) in [6, 6.07) is -0.146. The zero-order valence-electron chi connectivity index (χ0n) is 11.1. The maximum atomic E-state index is 11.9. The van der Waals surface area contributed by atoms with E-state index in [1.54, 1.807) is 18.0 Å². The van der Waals surface area contributed by atoms with Crippen molar-refractivity contribution in [2.75, 3.05) is 13.7 Å². The van der Waals surface area contributed by atoms with Gasteiger partial charge in [0.1, 0.15) is 0 Å². The number of hydrogen-bond donors (Lipinski definition) is 2. The molecule has 6 heteroatoms. The second-order valence-corrected chi connectivity index (χ2v) is 4.65. The number of ether oxygens (including phenoxy) is 1. The molecule has 0 spiro atoms. The average molecular weight is 252 g/mol. The SMILES string of the molecule is COC1CNC(C(=O)NCc2cnn(C)c2C)C1. The number of aromatic nitrogens is 2. The van der Waals surface area contributed by atoms with Gasteiger partial charge in [-0.25, -0.2) is 0 Å². The number of carbonyl (C=O) groups is 1. The minimum Gasteiger partial charge on any atom is -0.380 e. The Hall–Kier alpha value is -1.40. The fourth-order valence-electron chi connectivity index (χ4n) is 2.11. The van der Waals surface area contributed by atoms with Gasteiger partial charge in [-0.05, 0) is 13.3 Å². The molecule has 100 valence electrons. The van der Waals surface area contributed by atoms with Crippen LogP contribution in [0.5, 0.6) is 0 Å². The fraction of sp³-hybridized carbons (Fsp3) is 0.667. The molecule has 0 bridgehead atoms. The minimum atomic E-state index is -0.146. The van der Waals surface area contributed by atoms with Crippen LogP contribution in [0.4, 0.5) is 0 Å². The molecule has 0 aliphatic carbocycles. The summed E-state index contributed by atoms with van der Waals surface area (Å²) < 4.78 is 7.02. The number of aryl methyl sites for hydroxylation is 1. The van der Waals surface area contributed by atoms with Crippen LogP contribution in [0, 0.1) is 6.92 Å². The van der Waals surface area contributed by atoms with Crippen LogP contribution in [0.3, 0.4) is 0 Å². The monoisotopic (exact) mass is 252 g/mol. The highest BCUT2D eigenvalue weighted by Crippen LogP contribution is 2.10. The molecule has 2 N–H and O–H groups in total. The highest BCUT2D eigenvalue weighted by atomic mass is 16.5. The molecule has 1 aliphatic rings. The smallest absolute Gasteiger partial charge is 0.237 e. The molecule has 2 atom stereocenters. The predicted molar refractivity (Wildman–Crippen MR) is 67.0 cm³/mol. The van der Waals surface area contributed by atoms with E-state index in [1.165, 1.54) is 0 Å². The van der Waals surface area contributed by atoms with Crippen molar-refractivity contribution in [3.8, 4) is 0 Å². The van der Waals surface area contributed by atoms with Crippen LogP contribution in [-0.2, 0) is 23.1 Å². The van der Waals surface area contributed by atoms with Gasteiger partial charge in [-0.3, -0.25) is 9.48 Å². The van der Waals surface area contributed by atoms with Crippen LogP contribution >= 0.6 is 0 Å². The number of nitrogens with one attached hydrogen (secondary N) is 2. The van der Waals surface area contributed by atoms with E-state index in [0.29, 0.717) is 6.54 Å². The molecule has 0 radical (unpaired) electrons. The number of carbonyl (C=O) groups excluding carboxylic acids is 1. The number of nitrogens with zero attached hydrogens (tertiary/aromatic N) is 2. The third-order valence-electron chi connectivity index (χ3n) is 3.53. The van der Waals surface area contributed by atoms with E-state index in [1.807, 2.05) is 14.0 Å². The molecule has 1 saturated heterocycles. The summed E-state index contributed by atoms with van der Waals surface area (Å²) in [5.74, 6) is 0.0257. The average Bonchev–Trinajstić information content (AvgIpc) is 2.96. The lowest BCUT2D eigenvalue weighted by Crippen LogP contribution is -2.40. The first-order chi connectivity index (χ1) is 8.61. The molecule has 2 rings (SSSR count). The van der Waals surface area contributed by atoms with Gasteiger partial charge in [0.25, 0.3) is 0 Å². The second-order valence-electron chi connectivity index (χ2n) is 4.65. The first-order valence-corrected chi connectivity index (χ1v) is 6.13. The molecule has 1 amide bonds. The lowest BCUT2D eigenvalue weighted by molar-refractivity contribution is -0.123. The summed E-state index contributed by atoms with van der Waals surface area (Å²) in [4.78, 5) is 11.9. The van der Waals surface area contributed by atoms with Gasteiger partial charge in [0.05, 0.1) is 18.3 Å². The van der Waals surface area contributed by atoms with Crippen molar-refractivity contribution in [1.82, 2.24) is 20.4 Å². The first-order valence-electron chi connectivity index (χ1n) is 6.13. The molecule has 1 aromatic rings. The van der Waals surface area contributed by atoms with E-state index in [9.17, 15) is 4.79 Å². The van der Waals surface area contributed by atoms with Crippen LogP contribution in [0.15, 0.2) is 6.20 Å². The van der Waals surface area contributed by atoms with Crippen molar-refractivity contribution < 1.29 is 9.53 Å². The zero-order chi connectivity index (χ0) is 13.1. The zero-order valence-corrected chi connectivity index (χ0v) is 11.1. The van der Waals surface area contributed by atoms with E-state index < -0.39 is 0 Å². The van der Waals surface area contributed by atoms with Crippen molar-refractivity contribution in [2.45, 2.75) is 32.0 Å². The van der Waals surface area contributed by atoms with Gasteiger partial charge in [0, 0.05) is 38.5 Å². The highest BCUT2D eigenvalue weighted by Gasteiger charge is 2.29. The van der Waals surface area contributed by atoms with Gasteiger partial charge < -0.3 is 15.4 Å². The Morgan fingerprint density at radius 1 is 1.72 bits per heavy atom. The molecule has 1 aromatic heterocycles. The largest absolute Gasteiger partial charge is 0.380 e. The summed E-state index contributed by atoms with van der Waals surface area (Å²) in [5.41, 5.74) is 2.12. The Morgan fingerprint density at radius 3 is 3.06 bits per heavy atom. The molecule has 18 heavy (non-hydrogen) atoms. The maximum Gasteiger partial charge on any atom is 0.237 e.